The zero-order chi connectivity index (χ0) is 8.72. The third-order valence-electron chi connectivity index (χ3n) is 2.40. The molecule has 1 atom stereocenters. The van der Waals surface area contributed by atoms with E-state index in [1.54, 1.807) is 10.4 Å². The number of hydrogen-bond donors (Lipinski definition) is 0. The molecule has 1 aromatic heterocycles. The predicted molar refractivity (Wildman–Crippen MR) is 60.9 cm³/mol. The molecule has 0 nitrogen and oxygen atoms in total. The van der Waals surface area contributed by atoms with Crippen molar-refractivity contribution in [2.24, 2.45) is 5.92 Å². The van der Waals surface area contributed by atoms with Gasteiger partial charge in [-0.3, -0.25) is 0 Å². The Kier molecular flexibility index (Phi) is 2.64. The van der Waals surface area contributed by atoms with Gasteiger partial charge in [-0.05, 0) is 62.6 Å². The fraction of sp³-hybridized carbons (Fsp3) is 0.556. The molecule has 12 heavy (non-hydrogen) atoms. The van der Waals surface area contributed by atoms with Crippen LogP contribution in [0.5, 0.6) is 0 Å². The molecule has 0 fully saturated rings. The van der Waals surface area contributed by atoms with Gasteiger partial charge in [-0.1, -0.05) is 6.92 Å². The largest absolute Gasteiger partial charge is 0.132 e. The fourth-order valence-electron chi connectivity index (χ4n) is 1.69. The minimum Gasteiger partial charge on any atom is -0.132 e. The molecule has 0 N–H and O–H groups in total. The van der Waals surface area contributed by atoms with Crippen LogP contribution in [0.2, 0.25) is 0 Å². The van der Waals surface area contributed by atoms with Crippen LogP contribution in [0.3, 0.4) is 0 Å². The summed E-state index contributed by atoms with van der Waals surface area (Å²) in [5.74, 6) is 0.857. The Morgan fingerprint density at radius 1 is 1.42 bits per heavy atom. The molecule has 2 rings (SSSR count). The van der Waals surface area contributed by atoms with Crippen molar-refractivity contribution in [3.05, 3.63) is 18.7 Å². The van der Waals surface area contributed by atoms with Crippen molar-refractivity contribution in [1.82, 2.24) is 0 Å². The second-order valence-corrected chi connectivity index (χ2v) is 6.66. The smallest absolute Gasteiger partial charge is 0.0846 e. The molecule has 0 saturated heterocycles. The molecule has 66 valence electrons. The molecule has 1 aromatic rings. The van der Waals surface area contributed by atoms with Gasteiger partial charge in [0.05, 0.1) is 3.79 Å². The summed E-state index contributed by atoms with van der Waals surface area (Å²) in [7, 11) is 0. The molecule has 0 aliphatic heterocycles. The quantitative estimate of drug-likeness (QED) is 0.666. The topological polar surface area (TPSA) is 0 Å². The molecule has 1 aliphatic rings. The number of aryl methyl sites for hydroxylation is 1. The molecule has 3 heteroatoms. The standard InChI is InChI=1S/C9H10Br2S/c1-5-2-3-7-6(4-5)8(10)9(11)12-7/h5H,2-4H2,1H3. The van der Waals surface area contributed by atoms with Crippen molar-refractivity contribution >= 4 is 43.2 Å². The number of rotatable bonds is 0. The van der Waals surface area contributed by atoms with Crippen molar-refractivity contribution in [2.45, 2.75) is 26.2 Å². The van der Waals surface area contributed by atoms with E-state index < -0.39 is 0 Å². The molecule has 0 spiro atoms. The van der Waals surface area contributed by atoms with Crippen LogP contribution in [0.25, 0.3) is 0 Å². The molecular formula is C9H10Br2S. The molecule has 1 aliphatic carbocycles. The average Bonchev–Trinajstić information content (AvgIpc) is 2.31. The van der Waals surface area contributed by atoms with E-state index in [9.17, 15) is 0 Å². The average molecular weight is 310 g/mol. The highest BCUT2D eigenvalue weighted by Crippen LogP contribution is 2.42. The molecular weight excluding hydrogens is 300 g/mol. The van der Waals surface area contributed by atoms with Crippen molar-refractivity contribution in [1.29, 1.82) is 0 Å². The molecule has 0 radical (unpaired) electrons. The number of hydrogen-bond acceptors (Lipinski definition) is 1. The van der Waals surface area contributed by atoms with E-state index in [4.69, 9.17) is 0 Å². The summed E-state index contributed by atoms with van der Waals surface area (Å²) in [6.07, 6.45) is 3.87. The summed E-state index contributed by atoms with van der Waals surface area (Å²) in [4.78, 5) is 1.58. The van der Waals surface area contributed by atoms with Crippen LogP contribution in [0.4, 0.5) is 0 Å². The van der Waals surface area contributed by atoms with Gasteiger partial charge >= 0.3 is 0 Å². The van der Waals surface area contributed by atoms with Gasteiger partial charge in [-0.2, -0.15) is 0 Å². The Bertz CT molecular complexity index is 304. The minimum atomic E-state index is 0.857. The predicted octanol–water partition coefficient (Wildman–Crippen LogP) is 4.40. The van der Waals surface area contributed by atoms with Gasteiger partial charge in [0.1, 0.15) is 0 Å². The van der Waals surface area contributed by atoms with Crippen molar-refractivity contribution in [2.75, 3.05) is 0 Å². The fourth-order valence-corrected chi connectivity index (χ4v) is 4.25. The van der Waals surface area contributed by atoms with E-state index in [1.165, 1.54) is 27.5 Å². The van der Waals surface area contributed by atoms with Crippen LogP contribution in [0.1, 0.15) is 23.8 Å². The third-order valence-corrected chi connectivity index (χ3v) is 6.04. The maximum Gasteiger partial charge on any atom is 0.0846 e. The molecule has 0 bridgehead atoms. The molecule has 1 unspecified atom stereocenters. The Morgan fingerprint density at radius 2 is 2.17 bits per heavy atom. The van der Waals surface area contributed by atoms with Gasteiger partial charge in [0.25, 0.3) is 0 Å². The normalized spacial score (nSPS) is 22.4. The second kappa shape index (κ2) is 3.43. The highest BCUT2D eigenvalue weighted by atomic mass is 79.9. The molecule has 1 heterocycles. The maximum atomic E-state index is 3.63. The minimum absolute atomic E-state index is 0.857. The Balaban J connectivity index is 2.44. The zero-order valence-electron chi connectivity index (χ0n) is 6.86. The van der Waals surface area contributed by atoms with Crippen LogP contribution in [-0.2, 0) is 12.8 Å². The summed E-state index contributed by atoms with van der Waals surface area (Å²) >= 11 is 9.08. The van der Waals surface area contributed by atoms with Gasteiger partial charge in [-0.15, -0.1) is 11.3 Å². The van der Waals surface area contributed by atoms with Crippen LogP contribution in [0.15, 0.2) is 8.26 Å². The maximum absolute atomic E-state index is 3.63. The van der Waals surface area contributed by atoms with E-state index in [1.807, 2.05) is 11.3 Å². The van der Waals surface area contributed by atoms with Crippen LogP contribution in [0, 0.1) is 5.92 Å². The van der Waals surface area contributed by atoms with Crippen molar-refractivity contribution in [3.8, 4) is 0 Å². The van der Waals surface area contributed by atoms with Crippen molar-refractivity contribution in [3.63, 3.8) is 0 Å². The SMILES string of the molecule is CC1CCc2sc(Br)c(Br)c2C1. The zero-order valence-corrected chi connectivity index (χ0v) is 10.9. The van der Waals surface area contributed by atoms with Gasteiger partial charge < -0.3 is 0 Å². The molecule has 0 saturated carbocycles. The second-order valence-electron chi connectivity index (χ2n) is 3.44. The lowest BCUT2D eigenvalue weighted by Gasteiger charge is -2.17. The first-order chi connectivity index (χ1) is 5.68. The Hall–Kier alpha value is 0.660. The first-order valence-electron chi connectivity index (χ1n) is 4.14. The summed E-state index contributed by atoms with van der Waals surface area (Å²) < 4.78 is 2.57. The van der Waals surface area contributed by atoms with E-state index in [-0.39, 0.29) is 0 Å². The molecule has 0 amide bonds. The summed E-state index contributed by atoms with van der Waals surface area (Å²) in [6, 6.07) is 0. The first-order valence-corrected chi connectivity index (χ1v) is 6.54. The summed E-state index contributed by atoms with van der Waals surface area (Å²) in [6.45, 7) is 2.33. The van der Waals surface area contributed by atoms with Crippen LogP contribution >= 0.6 is 43.2 Å². The highest BCUT2D eigenvalue weighted by molar-refractivity contribution is 9.13. The number of fused-ring (bicyclic) bond motifs is 1. The number of thiophene rings is 1. The van der Waals surface area contributed by atoms with E-state index in [2.05, 4.69) is 38.8 Å². The molecule has 0 aromatic carbocycles. The lowest BCUT2D eigenvalue weighted by Crippen LogP contribution is -2.08. The third kappa shape index (κ3) is 1.51. The lowest BCUT2D eigenvalue weighted by molar-refractivity contribution is 0.505. The van der Waals surface area contributed by atoms with E-state index in [0.29, 0.717) is 0 Å². The van der Waals surface area contributed by atoms with Crippen LogP contribution in [-0.4, -0.2) is 0 Å². The summed E-state index contributed by atoms with van der Waals surface area (Å²) in [5.41, 5.74) is 1.55. The highest BCUT2D eigenvalue weighted by Gasteiger charge is 2.21. The van der Waals surface area contributed by atoms with Gasteiger partial charge in [-0.25, -0.2) is 0 Å². The van der Waals surface area contributed by atoms with E-state index in [0.717, 1.165) is 5.92 Å². The van der Waals surface area contributed by atoms with Gasteiger partial charge in [0.15, 0.2) is 0 Å². The van der Waals surface area contributed by atoms with E-state index >= 15 is 0 Å². The Labute approximate surface area is 93.6 Å². The Morgan fingerprint density at radius 3 is 2.92 bits per heavy atom. The lowest BCUT2D eigenvalue weighted by atomic mass is 9.90. The van der Waals surface area contributed by atoms with Crippen LogP contribution < -0.4 is 0 Å². The number of halogens is 2. The monoisotopic (exact) mass is 308 g/mol. The van der Waals surface area contributed by atoms with Gasteiger partial charge in [0.2, 0.25) is 0 Å². The van der Waals surface area contributed by atoms with Gasteiger partial charge in [0, 0.05) is 9.35 Å². The first kappa shape index (κ1) is 9.22. The van der Waals surface area contributed by atoms with Crippen molar-refractivity contribution < 1.29 is 0 Å². The summed E-state index contributed by atoms with van der Waals surface area (Å²) in [5, 5.41) is 0.